The number of carbonyl (C=O) groups is 1. The average molecular weight is 238 g/mol. The van der Waals surface area contributed by atoms with E-state index in [-0.39, 0.29) is 5.78 Å². The van der Waals surface area contributed by atoms with Crippen molar-refractivity contribution in [3.8, 4) is 0 Å². The lowest BCUT2D eigenvalue weighted by atomic mass is 10.2. The number of nitrogens with zero attached hydrogens (tertiary/aromatic N) is 2. The number of carbonyl (C=O) groups excluding carboxylic acids is 1. The lowest BCUT2D eigenvalue weighted by Crippen LogP contribution is -2.47. The molecule has 0 amide bonds. The average Bonchev–Trinajstić information content (AvgIpc) is 2.34. The highest BCUT2D eigenvalue weighted by molar-refractivity contribution is 7.14. The standard InChI is InChI=1S/C12H22N2OSi/c1-6-10(5)11(15)12(14-13)16(7-2,8-3)9-4/h6H,7-9H2,1-5H3/b10-6+. The Morgan fingerprint density at radius 1 is 1.25 bits per heavy atom. The molecule has 90 valence electrons. The van der Waals surface area contributed by atoms with Crippen LogP contribution in [0.2, 0.25) is 18.1 Å². The first-order valence-corrected chi connectivity index (χ1v) is 8.55. The summed E-state index contributed by atoms with van der Waals surface area (Å²) >= 11 is 0. The Morgan fingerprint density at radius 2 is 1.69 bits per heavy atom. The number of hydrogen-bond acceptors (Lipinski definition) is 1. The van der Waals surface area contributed by atoms with E-state index < -0.39 is 8.07 Å². The predicted molar refractivity (Wildman–Crippen MR) is 70.3 cm³/mol. The van der Waals surface area contributed by atoms with Gasteiger partial charge >= 0.3 is 5.33 Å². The molecule has 0 atom stereocenters. The second-order valence-electron chi connectivity index (χ2n) is 4.09. The molecule has 0 aliphatic rings. The molecule has 4 heteroatoms. The number of ketones is 1. The summed E-state index contributed by atoms with van der Waals surface area (Å²) in [5, 5.41) is 0.440. The molecule has 0 aromatic rings. The van der Waals surface area contributed by atoms with Crippen molar-refractivity contribution in [1.82, 2.24) is 0 Å². The smallest absolute Gasteiger partial charge is 0.305 e. The molecule has 0 saturated carbocycles. The summed E-state index contributed by atoms with van der Waals surface area (Å²) in [6.07, 6.45) is 1.77. The predicted octanol–water partition coefficient (Wildman–Crippen LogP) is 3.24. The Bertz CT molecular complexity index is 329. The van der Waals surface area contributed by atoms with Crippen LogP contribution in [0.15, 0.2) is 11.6 Å². The van der Waals surface area contributed by atoms with Crippen LogP contribution in [0.3, 0.4) is 0 Å². The van der Waals surface area contributed by atoms with Crippen molar-refractivity contribution in [2.45, 2.75) is 52.8 Å². The van der Waals surface area contributed by atoms with E-state index in [1.807, 2.05) is 6.92 Å². The minimum Gasteiger partial charge on any atom is -0.362 e. The number of allylic oxidation sites excluding steroid dienone is 2. The Labute approximate surface area is 99.2 Å². The highest BCUT2D eigenvalue weighted by Crippen LogP contribution is 2.22. The summed E-state index contributed by atoms with van der Waals surface area (Å²) in [5.41, 5.74) is 9.81. The van der Waals surface area contributed by atoms with E-state index in [2.05, 4.69) is 25.6 Å². The lowest BCUT2D eigenvalue weighted by molar-refractivity contribution is -0.113. The highest BCUT2D eigenvalue weighted by Gasteiger charge is 2.45. The Balaban J connectivity index is 5.46. The van der Waals surface area contributed by atoms with Crippen LogP contribution in [0.25, 0.3) is 5.53 Å². The first kappa shape index (κ1) is 15.0. The van der Waals surface area contributed by atoms with Gasteiger partial charge in [0.1, 0.15) is 0 Å². The zero-order valence-electron chi connectivity index (χ0n) is 11.0. The van der Waals surface area contributed by atoms with Gasteiger partial charge in [-0.2, -0.15) is 4.79 Å². The van der Waals surface area contributed by atoms with Gasteiger partial charge in [0.15, 0.2) is 8.07 Å². The minimum atomic E-state index is -1.88. The van der Waals surface area contributed by atoms with Gasteiger partial charge in [0.2, 0.25) is 0 Å². The summed E-state index contributed by atoms with van der Waals surface area (Å²) in [5.74, 6) is -0.0813. The molecule has 0 unspecified atom stereocenters. The number of rotatable bonds is 6. The molecule has 0 saturated heterocycles. The van der Waals surface area contributed by atoms with E-state index in [1.54, 1.807) is 13.0 Å². The Kier molecular flexibility index (Phi) is 6.15. The summed E-state index contributed by atoms with van der Waals surface area (Å²) in [7, 11) is -1.88. The van der Waals surface area contributed by atoms with Crippen LogP contribution in [0.5, 0.6) is 0 Å². The summed E-state index contributed by atoms with van der Waals surface area (Å²) in [4.78, 5) is 15.4. The van der Waals surface area contributed by atoms with E-state index >= 15 is 0 Å². The summed E-state index contributed by atoms with van der Waals surface area (Å²) < 4.78 is 0. The van der Waals surface area contributed by atoms with Gasteiger partial charge < -0.3 is 5.53 Å². The number of hydrogen-bond donors (Lipinski definition) is 0. The first-order chi connectivity index (χ1) is 7.52. The molecule has 0 aliphatic heterocycles. The van der Waals surface area contributed by atoms with Crippen molar-refractivity contribution >= 4 is 19.2 Å². The zero-order valence-corrected chi connectivity index (χ0v) is 12.0. The van der Waals surface area contributed by atoms with Crippen LogP contribution in [0.4, 0.5) is 0 Å². The monoisotopic (exact) mass is 238 g/mol. The van der Waals surface area contributed by atoms with Gasteiger partial charge in [0.25, 0.3) is 5.78 Å². The van der Waals surface area contributed by atoms with Crippen LogP contribution in [-0.4, -0.2) is 24.0 Å². The summed E-state index contributed by atoms with van der Waals surface area (Å²) in [6, 6.07) is 2.84. The van der Waals surface area contributed by atoms with Crippen molar-refractivity contribution in [3.63, 3.8) is 0 Å². The summed E-state index contributed by atoms with van der Waals surface area (Å²) in [6.45, 7) is 9.86. The maximum Gasteiger partial charge on any atom is 0.305 e. The molecule has 0 spiro atoms. The van der Waals surface area contributed by atoms with Gasteiger partial charge in [-0.15, -0.1) is 0 Å². The molecule has 0 heterocycles. The fourth-order valence-corrected chi connectivity index (χ4v) is 5.36. The van der Waals surface area contributed by atoms with Crippen LogP contribution >= 0.6 is 0 Å². The molecule has 0 radical (unpaired) electrons. The van der Waals surface area contributed by atoms with Gasteiger partial charge in [0.05, 0.1) is 0 Å². The maximum atomic E-state index is 12.1. The lowest BCUT2D eigenvalue weighted by Gasteiger charge is -2.21. The quantitative estimate of drug-likeness (QED) is 0.230. The molecule has 0 rings (SSSR count). The van der Waals surface area contributed by atoms with Crippen LogP contribution in [0, 0.1) is 0 Å². The fourth-order valence-electron chi connectivity index (χ4n) is 1.96. The second-order valence-corrected chi connectivity index (χ2v) is 9.25. The van der Waals surface area contributed by atoms with Gasteiger partial charge in [-0.1, -0.05) is 26.8 Å². The molecule has 0 aromatic heterocycles. The van der Waals surface area contributed by atoms with E-state index in [0.29, 0.717) is 10.9 Å². The zero-order chi connectivity index (χ0) is 12.8. The van der Waals surface area contributed by atoms with Crippen LogP contribution < -0.4 is 0 Å². The van der Waals surface area contributed by atoms with Crippen LogP contribution in [0.1, 0.15) is 34.6 Å². The van der Waals surface area contributed by atoms with E-state index in [1.165, 1.54) is 0 Å². The van der Waals surface area contributed by atoms with E-state index in [4.69, 9.17) is 5.53 Å². The second kappa shape index (κ2) is 6.56. The molecule has 0 bridgehead atoms. The third-order valence-electron chi connectivity index (χ3n) is 3.64. The minimum absolute atomic E-state index is 0.0813. The molecule has 16 heavy (non-hydrogen) atoms. The van der Waals surface area contributed by atoms with Crippen molar-refractivity contribution in [3.05, 3.63) is 17.2 Å². The molecule has 0 aromatic carbocycles. The normalized spacial score (nSPS) is 12.2. The molecular weight excluding hydrogens is 216 g/mol. The third kappa shape index (κ3) is 2.77. The third-order valence-corrected chi connectivity index (χ3v) is 9.03. The van der Waals surface area contributed by atoms with E-state index in [9.17, 15) is 4.79 Å². The maximum absolute atomic E-state index is 12.1. The molecular formula is C12H22N2OSi. The van der Waals surface area contributed by atoms with Crippen molar-refractivity contribution in [2.75, 3.05) is 0 Å². The first-order valence-electron chi connectivity index (χ1n) is 5.93. The van der Waals surface area contributed by atoms with Crippen molar-refractivity contribution in [1.29, 1.82) is 0 Å². The van der Waals surface area contributed by atoms with Gasteiger partial charge in [-0.05, 0) is 37.6 Å². The van der Waals surface area contributed by atoms with Crippen LogP contribution in [-0.2, 0) is 4.79 Å². The molecule has 0 N–H and O–H groups in total. The number of Topliss-reactive ketones (excluding diaryl/α,β-unsaturated/α-hetero) is 1. The van der Waals surface area contributed by atoms with Crippen molar-refractivity contribution < 1.29 is 9.58 Å². The topological polar surface area (TPSA) is 53.5 Å². The Hall–Kier alpha value is -0.993. The van der Waals surface area contributed by atoms with Gasteiger partial charge in [-0.3, -0.25) is 4.79 Å². The molecule has 3 nitrogen and oxygen atoms in total. The van der Waals surface area contributed by atoms with E-state index in [0.717, 1.165) is 18.1 Å². The Morgan fingerprint density at radius 3 is 1.94 bits per heavy atom. The van der Waals surface area contributed by atoms with Crippen molar-refractivity contribution in [2.24, 2.45) is 0 Å². The van der Waals surface area contributed by atoms with Gasteiger partial charge in [-0.25, -0.2) is 0 Å². The molecule has 0 aliphatic carbocycles. The SMILES string of the molecule is C/C=C(\C)C(=O)C(=[N+]=[N-])[Si](CC)(CC)CC. The molecule has 0 fully saturated rings. The largest absolute Gasteiger partial charge is 0.362 e. The van der Waals surface area contributed by atoms with Gasteiger partial charge in [0, 0.05) is 0 Å². The highest BCUT2D eigenvalue weighted by atomic mass is 28.3. The fraction of sp³-hybridized carbons (Fsp3) is 0.667.